The number of rotatable bonds is 6. The maximum Gasteiger partial charge on any atom is 0.319 e. The second-order valence-electron chi connectivity index (χ2n) is 5.13. The third kappa shape index (κ3) is 4.65. The molecule has 2 amide bonds. The molecule has 0 saturated heterocycles. The topological polar surface area (TPSA) is 57.3 Å². The molecule has 128 valence electrons. The Hall–Kier alpha value is -2.70. The number of benzene rings is 1. The molecule has 2 N–H and O–H groups in total. The van der Waals surface area contributed by atoms with Gasteiger partial charge in [-0.15, -0.1) is 0 Å². The van der Waals surface area contributed by atoms with Gasteiger partial charge < -0.3 is 15.5 Å². The molecule has 0 radical (unpaired) electrons. The molecule has 0 atom stereocenters. The van der Waals surface area contributed by atoms with Gasteiger partial charge in [0, 0.05) is 31.9 Å². The number of amides is 2. The Kier molecular flexibility index (Phi) is 6.06. The summed E-state index contributed by atoms with van der Waals surface area (Å²) in [7, 11) is 0. The first-order valence-corrected chi connectivity index (χ1v) is 7.73. The number of carbonyl (C=O) groups is 1. The average Bonchev–Trinajstić information content (AvgIpc) is 2.58. The van der Waals surface area contributed by atoms with Crippen LogP contribution in [0.4, 0.5) is 25.1 Å². The normalized spacial score (nSPS) is 10.3. The molecule has 1 heterocycles. The van der Waals surface area contributed by atoms with Crippen molar-refractivity contribution < 1.29 is 13.6 Å². The second-order valence-corrected chi connectivity index (χ2v) is 5.13. The first kappa shape index (κ1) is 17.7. The van der Waals surface area contributed by atoms with Crippen LogP contribution in [-0.2, 0) is 6.54 Å². The Morgan fingerprint density at radius 3 is 2.62 bits per heavy atom. The standard InChI is InChI=1S/C17H20F2N4O/c1-3-23(4-2)16-9-12(7-8-20-16)11-21-17(24)22-15-10-13(18)5-6-14(15)19/h5-10H,3-4,11H2,1-2H3,(H2,21,22,24). The third-order valence-electron chi connectivity index (χ3n) is 3.53. The minimum atomic E-state index is -0.695. The second kappa shape index (κ2) is 8.24. The zero-order chi connectivity index (χ0) is 17.5. The largest absolute Gasteiger partial charge is 0.357 e. The fraction of sp³-hybridized carbons (Fsp3) is 0.294. The minimum absolute atomic E-state index is 0.203. The van der Waals surface area contributed by atoms with Gasteiger partial charge in [-0.2, -0.15) is 0 Å². The van der Waals surface area contributed by atoms with Crippen LogP contribution in [-0.4, -0.2) is 24.1 Å². The lowest BCUT2D eigenvalue weighted by atomic mass is 10.2. The highest BCUT2D eigenvalue weighted by atomic mass is 19.1. The molecule has 1 aromatic carbocycles. The number of anilines is 2. The van der Waals surface area contributed by atoms with E-state index in [-0.39, 0.29) is 12.2 Å². The van der Waals surface area contributed by atoms with Gasteiger partial charge in [0.25, 0.3) is 0 Å². The molecule has 0 saturated carbocycles. The van der Waals surface area contributed by atoms with Gasteiger partial charge in [-0.3, -0.25) is 0 Å². The van der Waals surface area contributed by atoms with E-state index in [4.69, 9.17) is 0 Å². The first-order chi connectivity index (χ1) is 11.5. The molecule has 0 aliphatic rings. The summed E-state index contributed by atoms with van der Waals surface area (Å²) < 4.78 is 26.6. The molecule has 2 aromatic rings. The molecular formula is C17H20F2N4O. The lowest BCUT2D eigenvalue weighted by Crippen LogP contribution is -2.29. The third-order valence-corrected chi connectivity index (χ3v) is 3.53. The van der Waals surface area contributed by atoms with E-state index >= 15 is 0 Å². The number of carbonyl (C=O) groups excluding carboxylic acids is 1. The number of hydrogen-bond acceptors (Lipinski definition) is 3. The van der Waals surface area contributed by atoms with Gasteiger partial charge in [0.1, 0.15) is 17.5 Å². The lowest BCUT2D eigenvalue weighted by molar-refractivity contribution is 0.251. The zero-order valence-corrected chi connectivity index (χ0v) is 13.6. The minimum Gasteiger partial charge on any atom is -0.357 e. The molecule has 5 nitrogen and oxygen atoms in total. The van der Waals surface area contributed by atoms with Crippen LogP contribution in [0.15, 0.2) is 36.5 Å². The summed E-state index contributed by atoms with van der Waals surface area (Å²) in [6, 6.07) is 5.95. The number of halogens is 2. The summed E-state index contributed by atoms with van der Waals surface area (Å²) in [5.41, 5.74) is 0.660. The van der Waals surface area contributed by atoms with Crippen molar-refractivity contribution >= 4 is 17.5 Å². The SMILES string of the molecule is CCN(CC)c1cc(CNC(=O)Nc2cc(F)ccc2F)ccn1. The predicted octanol–water partition coefficient (Wildman–Crippen LogP) is 3.53. The van der Waals surface area contributed by atoms with E-state index in [2.05, 4.69) is 20.5 Å². The first-order valence-electron chi connectivity index (χ1n) is 7.73. The van der Waals surface area contributed by atoms with Crippen LogP contribution in [0.5, 0.6) is 0 Å². The molecular weight excluding hydrogens is 314 g/mol. The molecule has 2 rings (SSSR count). The van der Waals surface area contributed by atoms with Crippen LogP contribution in [0.3, 0.4) is 0 Å². The highest BCUT2D eigenvalue weighted by Gasteiger charge is 2.09. The molecule has 0 aliphatic carbocycles. The van der Waals surface area contributed by atoms with Crippen molar-refractivity contribution in [2.75, 3.05) is 23.3 Å². The number of nitrogens with zero attached hydrogens (tertiary/aromatic N) is 2. The molecule has 1 aromatic heterocycles. The highest BCUT2D eigenvalue weighted by Crippen LogP contribution is 2.15. The summed E-state index contributed by atoms with van der Waals surface area (Å²) in [5, 5.41) is 4.90. The lowest BCUT2D eigenvalue weighted by Gasteiger charge is -2.20. The maximum absolute atomic E-state index is 13.5. The maximum atomic E-state index is 13.5. The highest BCUT2D eigenvalue weighted by molar-refractivity contribution is 5.89. The van der Waals surface area contributed by atoms with Crippen LogP contribution < -0.4 is 15.5 Å². The summed E-state index contributed by atoms with van der Waals surface area (Å²) >= 11 is 0. The van der Waals surface area contributed by atoms with E-state index in [1.165, 1.54) is 0 Å². The summed E-state index contributed by atoms with van der Waals surface area (Å²) in [6.45, 7) is 5.99. The Morgan fingerprint density at radius 2 is 1.92 bits per heavy atom. The fourth-order valence-corrected chi connectivity index (χ4v) is 2.23. The number of urea groups is 1. The van der Waals surface area contributed by atoms with Crippen molar-refractivity contribution in [3.05, 3.63) is 53.7 Å². The molecule has 24 heavy (non-hydrogen) atoms. The van der Waals surface area contributed by atoms with E-state index in [1.807, 2.05) is 19.9 Å². The molecule has 0 fully saturated rings. The van der Waals surface area contributed by atoms with Crippen molar-refractivity contribution in [1.29, 1.82) is 0 Å². The predicted molar refractivity (Wildman–Crippen MR) is 90.0 cm³/mol. The van der Waals surface area contributed by atoms with Crippen LogP contribution in [0.2, 0.25) is 0 Å². The zero-order valence-electron chi connectivity index (χ0n) is 13.6. The van der Waals surface area contributed by atoms with Gasteiger partial charge in [0.05, 0.1) is 5.69 Å². The molecule has 0 unspecified atom stereocenters. The Balaban J connectivity index is 1.96. The van der Waals surface area contributed by atoms with Crippen molar-refractivity contribution in [2.45, 2.75) is 20.4 Å². The number of pyridine rings is 1. The summed E-state index contributed by atoms with van der Waals surface area (Å²) in [4.78, 5) is 18.2. The van der Waals surface area contributed by atoms with E-state index in [9.17, 15) is 13.6 Å². The Labute approximate surface area is 139 Å². The van der Waals surface area contributed by atoms with Crippen molar-refractivity contribution in [2.24, 2.45) is 0 Å². The van der Waals surface area contributed by atoms with Gasteiger partial charge in [-0.25, -0.2) is 18.6 Å². The molecule has 0 spiro atoms. The van der Waals surface area contributed by atoms with Gasteiger partial charge in [-0.05, 0) is 43.7 Å². The van der Waals surface area contributed by atoms with E-state index in [1.54, 1.807) is 12.3 Å². The molecule has 7 heteroatoms. The van der Waals surface area contributed by atoms with Crippen molar-refractivity contribution in [1.82, 2.24) is 10.3 Å². The Bertz CT molecular complexity index is 705. The number of aromatic nitrogens is 1. The summed E-state index contributed by atoms with van der Waals surface area (Å²) in [6.07, 6.45) is 1.68. The molecule has 0 bridgehead atoms. The summed E-state index contributed by atoms with van der Waals surface area (Å²) in [5.74, 6) is -0.486. The van der Waals surface area contributed by atoms with Gasteiger partial charge in [-0.1, -0.05) is 0 Å². The smallest absolute Gasteiger partial charge is 0.319 e. The van der Waals surface area contributed by atoms with Crippen LogP contribution in [0.25, 0.3) is 0 Å². The monoisotopic (exact) mass is 334 g/mol. The van der Waals surface area contributed by atoms with Gasteiger partial charge in [0.2, 0.25) is 0 Å². The van der Waals surface area contributed by atoms with Crippen LogP contribution in [0.1, 0.15) is 19.4 Å². The van der Waals surface area contributed by atoms with Crippen molar-refractivity contribution in [3.63, 3.8) is 0 Å². The van der Waals surface area contributed by atoms with Crippen molar-refractivity contribution in [3.8, 4) is 0 Å². The molecule has 0 aliphatic heterocycles. The van der Waals surface area contributed by atoms with E-state index < -0.39 is 17.7 Å². The number of nitrogens with one attached hydrogen (secondary N) is 2. The van der Waals surface area contributed by atoms with E-state index in [0.717, 1.165) is 42.7 Å². The average molecular weight is 334 g/mol. The fourth-order valence-electron chi connectivity index (χ4n) is 2.23. The van der Waals surface area contributed by atoms with Gasteiger partial charge >= 0.3 is 6.03 Å². The number of hydrogen-bond donors (Lipinski definition) is 2. The van der Waals surface area contributed by atoms with Gasteiger partial charge in [0.15, 0.2) is 0 Å². The quantitative estimate of drug-likeness (QED) is 0.850. The van der Waals surface area contributed by atoms with E-state index in [0.29, 0.717) is 0 Å². The van der Waals surface area contributed by atoms with Crippen LogP contribution >= 0.6 is 0 Å². The van der Waals surface area contributed by atoms with Crippen LogP contribution in [0, 0.1) is 11.6 Å². The Morgan fingerprint density at radius 1 is 1.17 bits per heavy atom.